The molecule has 2 aromatic heterocycles. The molecule has 5 heteroatoms. The molecule has 1 unspecified atom stereocenters. The molecule has 0 amide bonds. The van der Waals surface area contributed by atoms with E-state index in [2.05, 4.69) is 22.7 Å². The van der Waals surface area contributed by atoms with Gasteiger partial charge in [0.25, 0.3) is 0 Å². The molecule has 0 aliphatic heterocycles. The summed E-state index contributed by atoms with van der Waals surface area (Å²) in [6.45, 7) is 1.94. The third-order valence-electron chi connectivity index (χ3n) is 3.71. The third kappa shape index (κ3) is 2.11. The number of nitrogens with two attached hydrogens (primary N) is 1. The summed E-state index contributed by atoms with van der Waals surface area (Å²) >= 11 is 0. The molecule has 0 aliphatic rings. The Labute approximate surface area is 117 Å². The van der Waals surface area contributed by atoms with E-state index in [0.29, 0.717) is 0 Å². The Bertz CT molecular complexity index is 728. The summed E-state index contributed by atoms with van der Waals surface area (Å²) in [5, 5.41) is 5.77. The topological polar surface area (TPSA) is 69.0 Å². The number of nitrogens with zero attached hydrogens (tertiary/aromatic N) is 2. The first-order valence-corrected chi connectivity index (χ1v) is 6.61. The summed E-state index contributed by atoms with van der Waals surface area (Å²) < 4.78 is 7.26. The van der Waals surface area contributed by atoms with Gasteiger partial charge in [-0.05, 0) is 19.1 Å². The highest BCUT2D eigenvalue weighted by molar-refractivity contribution is 5.81. The van der Waals surface area contributed by atoms with Crippen molar-refractivity contribution in [3.63, 3.8) is 0 Å². The second-order valence-electron chi connectivity index (χ2n) is 4.94. The number of hydrogen-bond donors (Lipinski definition) is 2. The van der Waals surface area contributed by atoms with E-state index in [1.807, 2.05) is 36.9 Å². The summed E-state index contributed by atoms with van der Waals surface area (Å²) in [5.74, 6) is 6.59. The quantitative estimate of drug-likeness (QED) is 0.563. The molecule has 5 nitrogen and oxygen atoms in total. The minimum absolute atomic E-state index is 0.00736. The Kier molecular flexibility index (Phi) is 3.30. The predicted octanol–water partition coefficient (Wildman–Crippen LogP) is 2.22. The molecule has 3 aromatic rings. The zero-order valence-electron chi connectivity index (χ0n) is 11.6. The summed E-state index contributed by atoms with van der Waals surface area (Å²) in [7, 11) is 1.96. The molecule has 0 radical (unpaired) electrons. The van der Waals surface area contributed by atoms with Crippen molar-refractivity contribution in [1.82, 2.24) is 15.2 Å². The minimum atomic E-state index is -0.00736. The third-order valence-corrected chi connectivity index (χ3v) is 3.71. The fourth-order valence-corrected chi connectivity index (χ4v) is 2.65. The maximum atomic E-state index is 5.71. The van der Waals surface area contributed by atoms with Gasteiger partial charge in [-0.25, -0.2) is 0 Å². The van der Waals surface area contributed by atoms with Crippen molar-refractivity contribution in [2.24, 2.45) is 12.9 Å². The highest BCUT2D eigenvalue weighted by Gasteiger charge is 2.18. The van der Waals surface area contributed by atoms with Crippen LogP contribution in [0, 0.1) is 6.92 Å². The van der Waals surface area contributed by atoms with E-state index in [1.165, 1.54) is 0 Å². The molecule has 2 heterocycles. The number of nitrogens with one attached hydrogen (secondary N) is 1. The first-order chi connectivity index (χ1) is 9.70. The number of aromatic nitrogens is 2. The summed E-state index contributed by atoms with van der Waals surface area (Å²) in [5.41, 5.74) is 6.09. The second kappa shape index (κ2) is 5.11. The molecule has 20 heavy (non-hydrogen) atoms. The maximum Gasteiger partial charge on any atom is 0.105 e. The van der Waals surface area contributed by atoms with Gasteiger partial charge in [0.1, 0.15) is 5.76 Å². The van der Waals surface area contributed by atoms with E-state index in [9.17, 15) is 0 Å². The molecule has 0 saturated heterocycles. The lowest BCUT2D eigenvalue weighted by molar-refractivity contribution is 0.499. The molecule has 0 bridgehead atoms. The van der Waals surface area contributed by atoms with Crippen LogP contribution in [0.5, 0.6) is 0 Å². The molecular weight excluding hydrogens is 252 g/mol. The Morgan fingerprint density at radius 1 is 1.35 bits per heavy atom. The molecule has 1 aromatic carbocycles. The summed E-state index contributed by atoms with van der Waals surface area (Å²) in [4.78, 5) is 0. The summed E-state index contributed by atoms with van der Waals surface area (Å²) in [6.07, 6.45) is 2.41. The van der Waals surface area contributed by atoms with E-state index >= 15 is 0 Å². The minimum Gasteiger partial charge on any atom is -0.469 e. The molecule has 104 valence electrons. The number of benzene rings is 1. The van der Waals surface area contributed by atoms with Gasteiger partial charge in [0.05, 0.1) is 23.5 Å². The van der Waals surface area contributed by atoms with E-state index < -0.39 is 0 Å². The monoisotopic (exact) mass is 270 g/mol. The van der Waals surface area contributed by atoms with Crippen LogP contribution in [0.25, 0.3) is 10.9 Å². The zero-order chi connectivity index (χ0) is 14.1. The number of hydrogen-bond acceptors (Lipinski definition) is 4. The van der Waals surface area contributed by atoms with Crippen LogP contribution in [0.4, 0.5) is 0 Å². The van der Waals surface area contributed by atoms with Crippen molar-refractivity contribution >= 4 is 10.9 Å². The lowest BCUT2D eigenvalue weighted by atomic mass is 10.0. The van der Waals surface area contributed by atoms with Crippen LogP contribution in [0.15, 0.2) is 41.0 Å². The highest BCUT2D eigenvalue weighted by Crippen LogP contribution is 2.25. The molecule has 1 atom stereocenters. The Morgan fingerprint density at radius 3 is 2.85 bits per heavy atom. The van der Waals surface area contributed by atoms with Crippen LogP contribution in [0.2, 0.25) is 0 Å². The van der Waals surface area contributed by atoms with Crippen molar-refractivity contribution in [2.75, 3.05) is 0 Å². The smallest absolute Gasteiger partial charge is 0.105 e. The van der Waals surface area contributed by atoms with E-state index in [-0.39, 0.29) is 6.04 Å². The molecule has 0 fully saturated rings. The maximum absolute atomic E-state index is 5.71. The van der Waals surface area contributed by atoms with E-state index in [4.69, 9.17) is 10.3 Å². The average molecular weight is 270 g/mol. The van der Waals surface area contributed by atoms with Gasteiger partial charge < -0.3 is 4.42 Å². The average Bonchev–Trinajstić information content (AvgIpc) is 3.01. The van der Waals surface area contributed by atoms with Crippen LogP contribution >= 0.6 is 0 Å². The van der Waals surface area contributed by atoms with E-state index in [1.54, 1.807) is 6.26 Å². The molecular formula is C15H18N4O. The zero-order valence-corrected chi connectivity index (χ0v) is 11.6. The van der Waals surface area contributed by atoms with Gasteiger partial charge in [-0.1, -0.05) is 18.2 Å². The summed E-state index contributed by atoms with van der Waals surface area (Å²) in [6, 6.07) is 10.2. The molecule has 0 saturated carbocycles. The number of rotatable bonds is 4. The fraction of sp³-hybridized carbons (Fsp3) is 0.267. The van der Waals surface area contributed by atoms with E-state index in [0.717, 1.165) is 34.3 Å². The largest absolute Gasteiger partial charge is 0.469 e. The highest BCUT2D eigenvalue weighted by atomic mass is 16.3. The van der Waals surface area contributed by atoms with Crippen LogP contribution in [-0.4, -0.2) is 9.78 Å². The van der Waals surface area contributed by atoms with Gasteiger partial charge in [0.15, 0.2) is 0 Å². The molecule has 0 spiro atoms. The lowest BCUT2D eigenvalue weighted by Gasteiger charge is -2.14. The number of furan rings is 1. The SMILES string of the molecule is Cc1occc1C(Cc1nn(C)c2ccccc12)NN. The van der Waals surface area contributed by atoms with Crippen molar-refractivity contribution in [3.05, 3.63) is 53.6 Å². The van der Waals surface area contributed by atoms with Gasteiger partial charge in [-0.15, -0.1) is 0 Å². The first kappa shape index (κ1) is 12.9. The Morgan fingerprint density at radius 2 is 2.15 bits per heavy atom. The number of fused-ring (bicyclic) bond motifs is 1. The van der Waals surface area contributed by atoms with Crippen molar-refractivity contribution in [1.29, 1.82) is 0 Å². The molecule has 3 rings (SSSR count). The standard InChI is InChI=1S/C15H18N4O/c1-10-11(7-8-20-10)13(17-16)9-14-12-5-3-4-6-15(12)19(2)18-14/h3-8,13,17H,9,16H2,1-2H3. The van der Waals surface area contributed by atoms with Gasteiger partial charge in [-0.2, -0.15) is 5.10 Å². The molecule has 3 N–H and O–H groups in total. The first-order valence-electron chi connectivity index (χ1n) is 6.61. The predicted molar refractivity (Wildman–Crippen MR) is 77.9 cm³/mol. The van der Waals surface area contributed by atoms with Crippen molar-refractivity contribution < 1.29 is 4.42 Å². The van der Waals surface area contributed by atoms with Crippen LogP contribution < -0.4 is 11.3 Å². The van der Waals surface area contributed by atoms with Crippen LogP contribution in [-0.2, 0) is 13.5 Å². The number of aryl methyl sites for hydroxylation is 2. The second-order valence-corrected chi connectivity index (χ2v) is 4.94. The number of hydrazine groups is 1. The van der Waals surface area contributed by atoms with Crippen molar-refractivity contribution in [3.8, 4) is 0 Å². The van der Waals surface area contributed by atoms with Crippen LogP contribution in [0.1, 0.15) is 23.1 Å². The van der Waals surface area contributed by atoms with Gasteiger partial charge in [-0.3, -0.25) is 16.0 Å². The molecule has 0 aliphatic carbocycles. The Balaban J connectivity index is 1.98. The lowest BCUT2D eigenvalue weighted by Crippen LogP contribution is -2.29. The van der Waals surface area contributed by atoms with Gasteiger partial charge in [0.2, 0.25) is 0 Å². The van der Waals surface area contributed by atoms with Crippen molar-refractivity contribution in [2.45, 2.75) is 19.4 Å². The van der Waals surface area contributed by atoms with Crippen LogP contribution in [0.3, 0.4) is 0 Å². The Hall–Kier alpha value is -2.11. The van der Waals surface area contributed by atoms with Gasteiger partial charge in [0, 0.05) is 24.4 Å². The number of para-hydroxylation sites is 1. The fourth-order valence-electron chi connectivity index (χ4n) is 2.65. The van der Waals surface area contributed by atoms with Gasteiger partial charge >= 0.3 is 0 Å². The normalized spacial score (nSPS) is 12.9.